The highest BCUT2D eigenvalue weighted by Gasteiger charge is 2.16. The highest BCUT2D eigenvalue weighted by Crippen LogP contribution is 2.27. The Kier molecular flexibility index (Phi) is 3.43. The van der Waals surface area contributed by atoms with E-state index in [0.717, 1.165) is 6.07 Å². The Morgan fingerprint density at radius 1 is 1.25 bits per heavy atom. The van der Waals surface area contributed by atoms with Gasteiger partial charge in [0.05, 0.1) is 27.8 Å². The fraction of sp³-hybridized carbons (Fsp3) is 0.0769. The quantitative estimate of drug-likeness (QED) is 0.508. The number of alkyl halides is 1. The maximum Gasteiger partial charge on any atom is 0.150 e. The Morgan fingerprint density at radius 2 is 2.05 bits per heavy atom. The Hall–Kier alpha value is -1.53. The molecular formula is C13H7BrClF2N3. The predicted molar refractivity (Wildman–Crippen MR) is 76.0 cm³/mol. The average molecular weight is 359 g/mol. The normalized spacial score (nSPS) is 11.2. The van der Waals surface area contributed by atoms with Gasteiger partial charge in [0.1, 0.15) is 23.0 Å². The average Bonchev–Trinajstić information content (AvgIpc) is 2.81. The Balaban J connectivity index is 2.36. The molecule has 0 atom stereocenters. The molecule has 1 aromatic carbocycles. The SMILES string of the molecule is Fc1cc(F)c(-n2c(CCl)nc3cnccc32)cc1Br. The van der Waals surface area contributed by atoms with Gasteiger partial charge in [-0.25, -0.2) is 13.8 Å². The van der Waals surface area contributed by atoms with Crippen molar-refractivity contribution in [2.75, 3.05) is 0 Å². The van der Waals surface area contributed by atoms with E-state index in [2.05, 4.69) is 25.9 Å². The minimum atomic E-state index is -0.687. The molecule has 3 nitrogen and oxygen atoms in total. The highest BCUT2D eigenvalue weighted by molar-refractivity contribution is 9.10. The molecule has 3 aromatic rings. The molecule has 0 unspecified atom stereocenters. The molecule has 2 aromatic heterocycles. The molecule has 0 saturated heterocycles. The van der Waals surface area contributed by atoms with Crippen LogP contribution in [-0.2, 0) is 5.88 Å². The van der Waals surface area contributed by atoms with Gasteiger partial charge in [-0.1, -0.05) is 0 Å². The van der Waals surface area contributed by atoms with Crippen LogP contribution in [0, 0.1) is 11.6 Å². The summed E-state index contributed by atoms with van der Waals surface area (Å²) in [4.78, 5) is 8.26. The number of halogens is 4. The number of pyridine rings is 1. The molecule has 0 aliphatic rings. The lowest BCUT2D eigenvalue weighted by Crippen LogP contribution is -2.03. The molecule has 2 heterocycles. The monoisotopic (exact) mass is 357 g/mol. The van der Waals surface area contributed by atoms with Gasteiger partial charge in [-0.2, -0.15) is 0 Å². The summed E-state index contributed by atoms with van der Waals surface area (Å²) >= 11 is 8.92. The Morgan fingerprint density at radius 3 is 2.80 bits per heavy atom. The van der Waals surface area contributed by atoms with Crippen molar-refractivity contribution in [3.8, 4) is 5.69 Å². The van der Waals surface area contributed by atoms with Crippen LogP contribution < -0.4 is 0 Å². The van der Waals surface area contributed by atoms with E-state index in [9.17, 15) is 8.78 Å². The van der Waals surface area contributed by atoms with Crippen LogP contribution in [0.3, 0.4) is 0 Å². The van der Waals surface area contributed by atoms with Crippen molar-refractivity contribution in [1.29, 1.82) is 0 Å². The minimum Gasteiger partial charge on any atom is -0.292 e. The molecule has 0 aliphatic heterocycles. The van der Waals surface area contributed by atoms with E-state index in [-0.39, 0.29) is 16.0 Å². The maximum atomic E-state index is 14.1. The molecule has 0 bridgehead atoms. The standard InChI is InChI=1S/C13H7BrClF2N3/c14-7-3-12(9(17)4-8(7)16)20-11-1-2-18-6-10(11)19-13(20)5-15/h1-4,6H,5H2. The fourth-order valence-electron chi connectivity index (χ4n) is 2.02. The van der Waals surface area contributed by atoms with Crippen LogP contribution in [0.4, 0.5) is 8.78 Å². The van der Waals surface area contributed by atoms with Gasteiger partial charge in [0.25, 0.3) is 0 Å². The number of hydrogen-bond donors (Lipinski definition) is 0. The largest absolute Gasteiger partial charge is 0.292 e. The zero-order chi connectivity index (χ0) is 14.3. The van der Waals surface area contributed by atoms with Gasteiger partial charge in [0.2, 0.25) is 0 Å². The van der Waals surface area contributed by atoms with Gasteiger partial charge in [-0.05, 0) is 28.1 Å². The van der Waals surface area contributed by atoms with Gasteiger partial charge in [0.15, 0.2) is 0 Å². The van der Waals surface area contributed by atoms with E-state index in [1.165, 1.54) is 6.07 Å². The molecule has 3 rings (SSSR count). The molecule has 0 amide bonds. The minimum absolute atomic E-state index is 0.100. The van der Waals surface area contributed by atoms with Gasteiger partial charge in [-0.3, -0.25) is 9.55 Å². The lowest BCUT2D eigenvalue weighted by molar-refractivity contribution is 0.573. The summed E-state index contributed by atoms with van der Waals surface area (Å²) in [7, 11) is 0. The third-order valence-corrected chi connectivity index (χ3v) is 3.72. The third-order valence-electron chi connectivity index (χ3n) is 2.88. The number of hydrogen-bond acceptors (Lipinski definition) is 2. The zero-order valence-electron chi connectivity index (χ0n) is 9.95. The molecule has 0 N–H and O–H groups in total. The Labute approximate surface area is 126 Å². The van der Waals surface area contributed by atoms with E-state index >= 15 is 0 Å². The van der Waals surface area contributed by atoms with E-state index in [1.54, 1.807) is 23.0 Å². The third kappa shape index (κ3) is 2.09. The molecule has 0 saturated carbocycles. The summed E-state index contributed by atoms with van der Waals surface area (Å²) in [6.45, 7) is 0. The van der Waals surface area contributed by atoms with Gasteiger partial charge < -0.3 is 0 Å². The van der Waals surface area contributed by atoms with Gasteiger partial charge >= 0.3 is 0 Å². The van der Waals surface area contributed by atoms with Gasteiger partial charge in [0, 0.05) is 12.3 Å². The number of aromatic nitrogens is 3. The van der Waals surface area contributed by atoms with Crippen molar-refractivity contribution in [3.05, 3.63) is 52.5 Å². The topological polar surface area (TPSA) is 30.7 Å². The second-order valence-electron chi connectivity index (χ2n) is 4.08. The summed E-state index contributed by atoms with van der Waals surface area (Å²) in [5, 5.41) is 0. The van der Waals surface area contributed by atoms with Crippen molar-refractivity contribution in [2.45, 2.75) is 5.88 Å². The highest BCUT2D eigenvalue weighted by atomic mass is 79.9. The van der Waals surface area contributed by atoms with Crippen molar-refractivity contribution in [1.82, 2.24) is 14.5 Å². The van der Waals surface area contributed by atoms with E-state index < -0.39 is 11.6 Å². The van der Waals surface area contributed by atoms with E-state index in [1.807, 2.05) is 0 Å². The summed E-state index contributed by atoms with van der Waals surface area (Å²) in [5.74, 6) is -0.784. The van der Waals surface area contributed by atoms with Crippen molar-refractivity contribution in [2.24, 2.45) is 0 Å². The van der Waals surface area contributed by atoms with E-state index in [0.29, 0.717) is 16.9 Å². The van der Waals surface area contributed by atoms with E-state index in [4.69, 9.17) is 11.6 Å². The molecule has 20 heavy (non-hydrogen) atoms. The molecule has 7 heteroatoms. The maximum absolute atomic E-state index is 14.1. The number of nitrogens with zero attached hydrogens (tertiary/aromatic N) is 3. The summed E-state index contributed by atoms with van der Waals surface area (Å²) in [6.07, 6.45) is 3.15. The second-order valence-corrected chi connectivity index (χ2v) is 5.20. The number of imidazole rings is 1. The fourth-order valence-corrected chi connectivity index (χ4v) is 2.53. The van der Waals surface area contributed by atoms with Crippen LogP contribution >= 0.6 is 27.5 Å². The zero-order valence-corrected chi connectivity index (χ0v) is 12.3. The smallest absolute Gasteiger partial charge is 0.150 e. The van der Waals surface area contributed by atoms with Crippen LogP contribution in [-0.4, -0.2) is 14.5 Å². The predicted octanol–water partition coefficient (Wildman–Crippen LogP) is 4.20. The molecule has 102 valence electrons. The molecular weight excluding hydrogens is 352 g/mol. The Bertz CT molecular complexity index is 804. The first-order valence-electron chi connectivity index (χ1n) is 5.64. The number of fused-ring (bicyclic) bond motifs is 1. The molecule has 0 aliphatic carbocycles. The number of benzene rings is 1. The van der Waals surface area contributed by atoms with Crippen LogP contribution in [0.2, 0.25) is 0 Å². The van der Waals surface area contributed by atoms with Crippen LogP contribution in [0.25, 0.3) is 16.7 Å². The van der Waals surface area contributed by atoms with Gasteiger partial charge in [-0.15, -0.1) is 11.6 Å². The lowest BCUT2D eigenvalue weighted by Gasteiger charge is -2.10. The molecule has 0 fully saturated rings. The van der Waals surface area contributed by atoms with Crippen molar-refractivity contribution in [3.63, 3.8) is 0 Å². The van der Waals surface area contributed by atoms with Crippen molar-refractivity contribution >= 4 is 38.6 Å². The molecule has 0 radical (unpaired) electrons. The first-order valence-corrected chi connectivity index (χ1v) is 6.97. The lowest BCUT2D eigenvalue weighted by atomic mass is 10.2. The summed E-state index contributed by atoms with van der Waals surface area (Å²) < 4.78 is 29.2. The summed E-state index contributed by atoms with van der Waals surface area (Å²) in [5.41, 5.74) is 1.44. The van der Waals surface area contributed by atoms with Crippen molar-refractivity contribution < 1.29 is 8.78 Å². The van der Waals surface area contributed by atoms with Crippen LogP contribution in [0.1, 0.15) is 5.82 Å². The second kappa shape index (κ2) is 5.10. The molecule has 0 spiro atoms. The summed E-state index contributed by atoms with van der Waals surface area (Å²) in [6, 6.07) is 3.89. The number of rotatable bonds is 2. The first kappa shape index (κ1) is 13.5. The van der Waals surface area contributed by atoms with Crippen LogP contribution in [0.15, 0.2) is 35.1 Å². The first-order chi connectivity index (χ1) is 9.61. The van der Waals surface area contributed by atoms with Crippen LogP contribution in [0.5, 0.6) is 0 Å².